The lowest BCUT2D eigenvalue weighted by Gasteiger charge is -2.19. The third-order valence-corrected chi connectivity index (χ3v) is 3.50. The number of nitrogens with two attached hydrogens (primary N) is 1. The van der Waals surface area contributed by atoms with Gasteiger partial charge in [-0.05, 0) is 24.3 Å². The molecule has 0 heterocycles. The molecule has 110 valence electrons. The fourth-order valence-electron chi connectivity index (χ4n) is 1.88. The standard InChI is InChI=1S/C15H15Cl2N3O/c1-20(11-5-3-2-4-6-11)9-14(21)19-15-12(16)7-10(18)8-13(15)17/h2-8H,9,18H2,1H3,(H,19,21). The van der Waals surface area contributed by atoms with Gasteiger partial charge in [0.05, 0.1) is 22.3 Å². The number of halogens is 2. The minimum atomic E-state index is -0.213. The van der Waals surface area contributed by atoms with E-state index in [0.29, 0.717) is 21.4 Å². The Morgan fingerprint density at radius 1 is 1.19 bits per heavy atom. The number of likely N-dealkylation sites (N-methyl/N-ethyl adjacent to an activating group) is 1. The molecule has 2 aromatic rings. The molecule has 0 aliphatic heterocycles. The van der Waals surface area contributed by atoms with E-state index in [0.717, 1.165) is 5.69 Å². The number of nitrogen functional groups attached to an aromatic ring is 1. The van der Waals surface area contributed by atoms with Gasteiger partial charge in [0.2, 0.25) is 5.91 Å². The molecule has 2 rings (SSSR count). The smallest absolute Gasteiger partial charge is 0.243 e. The Morgan fingerprint density at radius 2 is 1.76 bits per heavy atom. The summed E-state index contributed by atoms with van der Waals surface area (Å²) in [6.07, 6.45) is 0. The number of amides is 1. The van der Waals surface area contributed by atoms with Gasteiger partial charge in [0.25, 0.3) is 0 Å². The summed E-state index contributed by atoms with van der Waals surface area (Å²) in [6.45, 7) is 0.182. The van der Waals surface area contributed by atoms with E-state index in [2.05, 4.69) is 5.32 Å². The molecular formula is C15H15Cl2N3O. The predicted octanol–water partition coefficient (Wildman–Crippen LogP) is 3.65. The Labute approximate surface area is 133 Å². The van der Waals surface area contributed by atoms with Crippen molar-refractivity contribution in [3.05, 3.63) is 52.5 Å². The molecule has 0 aromatic heterocycles. The predicted molar refractivity (Wildman–Crippen MR) is 89.2 cm³/mol. The van der Waals surface area contributed by atoms with Crippen LogP contribution in [0.15, 0.2) is 42.5 Å². The number of carbonyl (C=O) groups is 1. The van der Waals surface area contributed by atoms with Crippen molar-refractivity contribution < 1.29 is 4.79 Å². The van der Waals surface area contributed by atoms with Crippen molar-refractivity contribution in [3.63, 3.8) is 0 Å². The van der Waals surface area contributed by atoms with Gasteiger partial charge in [-0.1, -0.05) is 41.4 Å². The van der Waals surface area contributed by atoms with E-state index >= 15 is 0 Å². The molecule has 0 saturated heterocycles. The molecule has 0 fully saturated rings. The summed E-state index contributed by atoms with van der Waals surface area (Å²) in [5.41, 5.74) is 7.40. The Bertz CT molecular complexity index is 624. The Morgan fingerprint density at radius 3 is 2.33 bits per heavy atom. The summed E-state index contributed by atoms with van der Waals surface area (Å²) in [7, 11) is 1.83. The average Bonchev–Trinajstić information content (AvgIpc) is 2.43. The molecule has 21 heavy (non-hydrogen) atoms. The van der Waals surface area contributed by atoms with E-state index in [1.54, 1.807) is 12.1 Å². The maximum atomic E-state index is 12.1. The summed E-state index contributed by atoms with van der Waals surface area (Å²) < 4.78 is 0. The van der Waals surface area contributed by atoms with Crippen molar-refractivity contribution >= 4 is 46.2 Å². The highest BCUT2D eigenvalue weighted by Crippen LogP contribution is 2.32. The maximum absolute atomic E-state index is 12.1. The zero-order valence-electron chi connectivity index (χ0n) is 11.4. The number of para-hydroxylation sites is 1. The van der Waals surface area contributed by atoms with Crippen LogP contribution in [0.3, 0.4) is 0 Å². The number of rotatable bonds is 4. The number of hydrogen-bond donors (Lipinski definition) is 2. The Balaban J connectivity index is 2.06. The summed E-state index contributed by atoms with van der Waals surface area (Å²) in [4.78, 5) is 13.9. The highest BCUT2D eigenvalue weighted by atomic mass is 35.5. The number of nitrogens with zero attached hydrogens (tertiary/aromatic N) is 1. The summed E-state index contributed by atoms with van der Waals surface area (Å²) in [6, 6.07) is 12.7. The summed E-state index contributed by atoms with van der Waals surface area (Å²) in [5.74, 6) is -0.213. The number of carbonyl (C=O) groups excluding carboxylic acids is 1. The van der Waals surface area contributed by atoms with Crippen LogP contribution in [0, 0.1) is 0 Å². The SMILES string of the molecule is CN(CC(=O)Nc1c(Cl)cc(N)cc1Cl)c1ccccc1. The van der Waals surface area contributed by atoms with Crippen molar-refractivity contribution in [1.29, 1.82) is 0 Å². The van der Waals surface area contributed by atoms with Gasteiger partial charge in [-0.2, -0.15) is 0 Å². The molecule has 2 aromatic carbocycles. The fourth-order valence-corrected chi connectivity index (χ4v) is 2.48. The number of benzene rings is 2. The molecule has 0 aliphatic carbocycles. The van der Waals surface area contributed by atoms with Crippen LogP contribution < -0.4 is 16.0 Å². The van der Waals surface area contributed by atoms with Crippen molar-refractivity contribution in [3.8, 4) is 0 Å². The Hall–Kier alpha value is -1.91. The fraction of sp³-hybridized carbons (Fsp3) is 0.133. The minimum Gasteiger partial charge on any atom is -0.399 e. The van der Waals surface area contributed by atoms with Crippen molar-refractivity contribution in [2.75, 3.05) is 29.5 Å². The molecule has 6 heteroatoms. The second kappa shape index (κ2) is 6.70. The van der Waals surface area contributed by atoms with Gasteiger partial charge < -0.3 is 16.0 Å². The molecule has 4 nitrogen and oxygen atoms in total. The highest BCUT2D eigenvalue weighted by Gasteiger charge is 2.13. The lowest BCUT2D eigenvalue weighted by atomic mass is 10.2. The largest absolute Gasteiger partial charge is 0.399 e. The van der Waals surface area contributed by atoms with Crippen LogP contribution in [0.1, 0.15) is 0 Å². The molecule has 0 atom stereocenters. The molecule has 1 amide bonds. The third kappa shape index (κ3) is 4.03. The van der Waals surface area contributed by atoms with Gasteiger partial charge in [-0.15, -0.1) is 0 Å². The molecule has 0 aliphatic rings. The minimum absolute atomic E-state index is 0.182. The van der Waals surface area contributed by atoms with Crippen molar-refractivity contribution in [1.82, 2.24) is 0 Å². The molecule has 0 bridgehead atoms. The first kappa shape index (κ1) is 15.5. The lowest BCUT2D eigenvalue weighted by molar-refractivity contribution is -0.114. The molecule has 0 spiro atoms. The van der Waals surface area contributed by atoms with Gasteiger partial charge >= 0.3 is 0 Å². The van der Waals surface area contributed by atoms with E-state index in [1.165, 1.54) is 0 Å². The van der Waals surface area contributed by atoms with E-state index in [-0.39, 0.29) is 12.5 Å². The quantitative estimate of drug-likeness (QED) is 0.844. The van der Waals surface area contributed by atoms with Gasteiger partial charge in [0.15, 0.2) is 0 Å². The highest BCUT2D eigenvalue weighted by molar-refractivity contribution is 6.40. The van der Waals surface area contributed by atoms with Gasteiger partial charge in [0, 0.05) is 18.4 Å². The summed E-state index contributed by atoms with van der Waals surface area (Å²) in [5, 5.41) is 3.34. The van der Waals surface area contributed by atoms with Crippen LogP contribution in [0.4, 0.5) is 17.1 Å². The number of nitrogens with one attached hydrogen (secondary N) is 1. The monoisotopic (exact) mass is 323 g/mol. The second-order valence-electron chi connectivity index (χ2n) is 4.60. The zero-order valence-corrected chi connectivity index (χ0v) is 12.9. The molecular weight excluding hydrogens is 309 g/mol. The number of hydrogen-bond acceptors (Lipinski definition) is 3. The van der Waals surface area contributed by atoms with Crippen molar-refractivity contribution in [2.45, 2.75) is 0 Å². The normalized spacial score (nSPS) is 10.2. The van der Waals surface area contributed by atoms with Crippen LogP contribution in [0.5, 0.6) is 0 Å². The molecule has 0 radical (unpaired) electrons. The van der Waals surface area contributed by atoms with Gasteiger partial charge in [-0.3, -0.25) is 4.79 Å². The first-order valence-electron chi connectivity index (χ1n) is 6.28. The lowest BCUT2D eigenvalue weighted by Crippen LogP contribution is -2.30. The Kier molecular flexibility index (Phi) is 4.94. The number of anilines is 3. The van der Waals surface area contributed by atoms with E-state index < -0.39 is 0 Å². The van der Waals surface area contributed by atoms with Crippen LogP contribution >= 0.6 is 23.2 Å². The van der Waals surface area contributed by atoms with Crippen LogP contribution in [0.25, 0.3) is 0 Å². The van der Waals surface area contributed by atoms with Gasteiger partial charge in [0.1, 0.15) is 0 Å². The zero-order chi connectivity index (χ0) is 15.4. The second-order valence-corrected chi connectivity index (χ2v) is 5.41. The molecule has 3 N–H and O–H groups in total. The first-order valence-corrected chi connectivity index (χ1v) is 7.03. The topological polar surface area (TPSA) is 58.4 Å². The summed E-state index contributed by atoms with van der Waals surface area (Å²) >= 11 is 12.1. The van der Waals surface area contributed by atoms with Gasteiger partial charge in [-0.25, -0.2) is 0 Å². The van der Waals surface area contributed by atoms with E-state index in [1.807, 2.05) is 42.3 Å². The first-order chi connectivity index (χ1) is 9.97. The average molecular weight is 324 g/mol. The van der Waals surface area contributed by atoms with E-state index in [9.17, 15) is 4.79 Å². The maximum Gasteiger partial charge on any atom is 0.243 e. The van der Waals surface area contributed by atoms with Crippen LogP contribution in [0.2, 0.25) is 10.0 Å². The third-order valence-electron chi connectivity index (χ3n) is 2.91. The molecule has 0 saturated carbocycles. The van der Waals surface area contributed by atoms with Crippen LogP contribution in [-0.4, -0.2) is 19.5 Å². The molecule has 0 unspecified atom stereocenters. The van der Waals surface area contributed by atoms with E-state index in [4.69, 9.17) is 28.9 Å². The van der Waals surface area contributed by atoms with Crippen LogP contribution in [-0.2, 0) is 4.79 Å². The van der Waals surface area contributed by atoms with Crippen molar-refractivity contribution in [2.24, 2.45) is 0 Å².